The maximum Gasteiger partial charge on any atom is 0.123 e. The molecule has 88 valence electrons. The number of piperidine rings is 1. The summed E-state index contributed by atoms with van der Waals surface area (Å²) in [7, 11) is 1.68. The number of rotatable bonds is 4. The number of benzene rings is 1. The third-order valence-electron chi connectivity index (χ3n) is 3.05. The Bertz CT molecular complexity index is 321. The van der Waals surface area contributed by atoms with Crippen molar-refractivity contribution in [3.63, 3.8) is 0 Å². The zero-order valence-electron chi connectivity index (χ0n) is 9.82. The normalized spacial score (nSPS) is 20.4. The van der Waals surface area contributed by atoms with Gasteiger partial charge in [-0.25, -0.2) is 0 Å². The molecule has 0 unspecified atom stereocenters. The topological polar surface area (TPSA) is 35.1 Å². The highest BCUT2D eigenvalue weighted by atomic mass is 16.5. The maximum atomic E-state index is 5.79. The summed E-state index contributed by atoms with van der Waals surface area (Å²) in [6.07, 6.45) is 2.60. The summed E-state index contributed by atoms with van der Waals surface area (Å²) < 4.78 is 10.9. The summed E-state index contributed by atoms with van der Waals surface area (Å²) in [6.45, 7) is 3.29. The van der Waals surface area contributed by atoms with Gasteiger partial charge in [0.05, 0.1) is 26.8 Å². The van der Waals surface area contributed by atoms with Crippen molar-refractivity contribution in [3.05, 3.63) is 24.3 Å². The molecule has 0 aromatic heterocycles. The average molecular weight is 222 g/mol. The van der Waals surface area contributed by atoms with Gasteiger partial charge in [-0.3, -0.25) is 0 Å². The standard InChI is InChI=1S/C13H19NO2/c1-15-12-5-2-6-13(8-12)16-10-11-4-3-7-14-9-11/h2,5-6,8,11,14H,3-4,7,9-10H2,1H3/p+1/t11-/m1/s1. The van der Waals surface area contributed by atoms with Crippen molar-refractivity contribution in [1.82, 2.24) is 0 Å². The lowest BCUT2D eigenvalue weighted by molar-refractivity contribution is -0.669. The van der Waals surface area contributed by atoms with Gasteiger partial charge >= 0.3 is 0 Å². The quantitative estimate of drug-likeness (QED) is 0.826. The van der Waals surface area contributed by atoms with Gasteiger partial charge in [-0.05, 0) is 25.0 Å². The van der Waals surface area contributed by atoms with Crippen molar-refractivity contribution < 1.29 is 14.8 Å². The van der Waals surface area contributed by atoms with E-state index < -0.39 is 0 Å². The van der Waals surface area contributed by atoms with Crippen LogP contribution in [0.4, 0.5) is 0 Å². The molecule has 0 saturated carbocycles. The minimum atomic E-state index is 0.694. The van der Waals surface area contributed by atoms with Gasteiger partial charge in [0.2, 0.25) is 0 Å². The fraction of sp³-hybridized carbons (Fsp3) is 0.538. The fourth-order valence-corrected chi connectivity index (χ4v) is 2.08. The molecular weight excluding hydrogens is 202 g/mol. The summed E-state index contributed by atoms with van der Waals surface area (Å²) in [5, 5.41) is 2.38. The Kier molecular flexibility index (Phi) is 4.05. The van der Waals surface area contributed by atoms with Crippen molar-refractivity contribution in [2.24, 2.45) is 5.92 Å². The van der Waals surface area contributed by atoms with Crippen LogP contribution in [0, 0.1) is 5.92 Å². The summed E-state index contributed by atoms with van der Waals surface area (Å²) in [5.41, 5.74) is 0. The number of methoxy groups -OCH3 is 1. The monoisotopic (exact) mass is 222 g/mol. The predicted molar refractivity (Wildman–Crippen MR) is 62.9 cm³/mol. The molecule has 1 aromatic rings. The Labute approximate surface area is 96.8 Å². The van der Waals surface area contributed by atoms with E-state index in [1.807, 2.05) is 24.3 Å². The Morgan fingerprint density at radius 1 is 1.38 bits per heavy atom. The lowest BCUT2D eigenvalue weighted by atomic mass is 10.0. The van der Waals surface area contributed by atoms with Crippen LogP contribution in [0.25, 0.3) is 0 Å². The van der Waals surface area contributed by atoms with Crippen molar-refractivity contribution in [2.45, 2.75) is 12.8 Å². The van der Waals surface area contributed by atoms with Crippen LogP contribution in [0.15, 0.2) is 24.3 Å². The van der Waals surface area contributed by atoms with Crippen molar-refractivity contribution >= 4 is 0 Å². The lowest BCUT2D eigenvalue weighted by Crippen LogP contribution is -2.87. The van der Waals surface area contributed by atoms with Crippen molar-refractivity contribution in [1.29, 1.82) is 0 Å². The minimum absolute atomic E-state index is 0.694. The zero-order valence-corrected chi connectivity index (χ0v) is 9.82. The second kappa shape index (κ2) is 5.75. The van der Waals surface area contributed by atoms with E-state index in [4.69, 9.17) is 9.47 Å². The highest BCUT2D eigenvalue weighted by Crippen LogP contribution is 2.20. The Balaban J connectivity index is 1.83. The molecule has 1 aromatic carbocycles. The van der Waals surface area contributed by atoms with Crippen molar-refractivity contribution in [2.75, 3.05) is 26.8 Å². The van der Waals surface area contributed by atoms with Crippen LogP contribution >= 0.6 is 0 Å². The first-order chi connectivity index (χ1) is 7.88. The van der Waals surface area contributed by atoms with E-state index in [1.165, 1.54) is 25.9 Å². The number of ether oxygens (including phenoxy) is 2. The third-order valence-corrected chi connectivity index (χ3v) is 3.05. The van der Waals surface area contributed by atoms with E-state index in [0.717, 1.165) is 18.1 Å². The molecule has 16 heavy (non-hydrogen) atoms. The van der Waals surface area contributed by atoms with E-state index >= 15 is 0 Å². The number of hydrogen-bond acceptors (Lipinski definition) is 2. The second-order valence-electron chi connectivity index (χ2n) is 4.31. The van der Waals surface area contributed by atoms with Crippen LogP contribution in [-0.2, 0) is 0 Å². The van der Waals surface area contributed by atoms with E-state index in [9.17, 15) is 0 Å². The van der Waals surface area contributed by atoms with Crippen LogP contribution in [0.1, 0.15) is 12.8 Å². The van der Waals surface area contributed by atoms with E-state index in [2.05, 4.69) is 5.32 Å². The summed E-state index contributed by atoms with van der Waals surface area (Å²) in [4.78, 5) is 0. The molecule has 0 amide bonds. The van der Waals surface area contributed by atoms with Gasteiger partial charge in [-0.15, -0.1) is 0 Å². The molecule has 2 N–H and O–H groups in total. The van der Waals surface area contributed by atoms with Gasteiger partial charge in [0.25, 0.3) is 0 Å². The largest absolute Gasteiger partial charge is 0.497 e. The smallest absolute Gasteiger partial charge is 0.123 e. The van der Waals surface area contributed by atoms with Crippen LogP contribution < -0.4 is 14.8 Å². The molecular formula is C13H20NO2+. The molecule has 1 fully saturated rings. The fourth-order valence-electron chi connectivity index (χ4n) is 2.08. The molecule has 0 radical (unpaired) electrons. The molecule has 0 spiro atoms. The van der Waals surface area contributed by atoms with E-state index in [-0.39, 0.29) is 0 Å². The van der Waals surface area contributed by atoms with Gasteiger partial charge in [0, 0.05) is 12.0 Å². The van der Waals surface area contributed by atoms with Gasteiger partial charge in [-0.1, -0.05) is 6.07 Å². The number of hydrogen-bond donors (Lipinski definition) is 1. The van der Waals surface area contributed by atoms with Gasteiger partial charge in [-0.2, -0.15) is 0 Å². The van der Waals surface area contributed by atoms with Gasteiger partial charge < -0.3 is 14.8 Å². The third kappa shape index (κ3) is 3.14. The molecule has 1 atom stereocenters. The van der Waals surface area contributed by atoms with Crippen LogP contribution in [0.5, 0.6) is 11.5 Å². The average Bonchev–Trinajstić information content (AvgIpc) is 2.38. The van der Waals surface area contributed by atoms with E-state index in [1.54, 1.807) is 7.11 Å². The number of quaternary nitrogens is 1. The molecule has 1 aliphatic rings. The van der Waals surface area contributed by atoms with Crippen LogP contribution in [0.2, 0.25) is 0 Å². The first-order valence-electron chi connectivity index (χ1n) is 5.97. The summed E-state index contributed by atoms with van der Waals surface area (Å²) >= 11 is 0. The molecule has 1 heterocycles. The molecule has 3 heteroatoms. The molecule has 0 aliphatic carbocycles. The van der Waals surface area contributed by atoms with Crippen LogP contribution in [-0.4, -0.2) is 26.8 Å². The minimum Gasteiger partial charge on any atom is -0.497 e. The highest BCUT2D eigenvalue weighted by Gasteiger charge is 2.16. The number of nitrogens with two attached hydrogens (primary N) is 1. The van der Waals surface area contributed by atoms with E-state index in [0.29, 0.717) is 5.92 Å². The molecule has 3 nitrogen and oxygen atoms in total. The predicted octanol–water partition coefficient (Wildman–Crippen LogP) is 1.05. The van der Waals surface area contributed by atoms with Gasteiger partial charge in [0.1, 0.15) is 11.5 Å². The molecule has 1 saturated heterocycles. The summed E-state index contributed by atoms with van der Waals surface area (Å²) in [6, 6.07) is 7.81. The lowest BCUT2D eigenvalue weighted by Gasteiger charge is -2.20. The molecule has 2 rings (SSSR count). The SMILES string of the molecule is COc1cccc(OC[C@@H]2CCC[NH2+]C2)c1. The van der Waals surface area contributed by atoms with Crippen molar-refractivity contribution in [3.8, 4) is 11.5 Å². The zero-order chi connectivity index (χ0) is 11.2. The van der Waals surface area contributed by atoms with Gasteiger partial charge in [0.15, 0.2) is 0 Å². The maximum absolute atomic E-state index is 5.79. The Morgan fingerprint density at radius 2 is 2.25 bits per heavy atom. The molecule has 0 bridgehead atoms. The van der Waals surface area contributed by atoms with Crippen LogP contribution in [0.3, 0.4) is 0 Å². The summed E-state index contributed by atoms with van der Waals surface area (Å²) in [5.74, 6) is 2.46. The first-order valence-corrected chi connectivity index (χ1v) is 5.97. The highest BCUT2D eigenvalue weighted by molar-refractivity contribution is 5.32. The first kappa shape index (κ1) is 11.3. The second-order valence-corrected chi connectivity index (χ2v) is 4.31. The molecule has 1 aliphatic heterocycles. The Hall–Kier alpha value is -1.22. The Morgan fingerprint density at radius 3 is 3.00 bits per heavy atom.